The van der Waals surface area contributed by atoms with Crippen LogP contribution in [0.15, 0.2) is 66.7 Å². The Balaban J connectivity index is 1.53. The van der Waals surface area contributed by atoms with Gasteiger partial charge < -0.3 is 10.2 Å². The number of fused-ring (bicyclic) bond motifs is 1. The van der Waals surface area contributed by atoms with Crippen LogP contribution in [0.1, 0.15) is 35.6 Å². The maximum atomic E-state index is 12.6. The first-order valence-electron chi connectivity index (χ1n) is 10.4. The number of hydrogen-bond donors (Lipinski definition) is 2. The molecule has 0 radical (unpaired) electrons. The van der Waals surface area contributed by atoms with Gasteiger partial charge in [0.2, 0.25) is 5.91 Å². The molecule has 1 saturated heterocycles. The third kappa shape index (κ3) is 4.26. The molecule has 3 nitrogen and oxygen atoms in total. The first kappa shape index (κ1) is 18.7. The smallest absolute Gasteiger partial charge is 0.224 e. The second-order valence-corrected chi connectivity index (χ2v) is 7.96. The monoisotopic (exact) mass is 373 g/mol. The predicted octanol–water partition coefficient (Wildman–Crippen LogP) is 3.23. The molecule has 1 fully saturated rings. The number of rotatable bonds is 6. The van der Waals surface area contributed by atoms with Gasteiger partial charge >= 0.3 is 0 Å². The number of aryl methyl sites for hydroxylation is 1. The number of hydrogen-bond acceptors (Lipinski definition) is 1. The molecule has 0 aliphatic carbocycles. The van der Waals surface area contributed by atoms with Gasteiger partial charge in [0, 0.05) is 18.4 Å². The number of likely N-dealkylation sites (tertiary alicyclic amines) is 1. The quantitative estimate of drug-likeness (QED) is 0.683. The number of benzene rings is 3. The fourth-order valence-corrected chi connectivity index (χ4v) is 4.49. The highest BCUT2D eigenvalue weighted by Crippen LogP contribution is 2.23. The second kappa shape index (κ2) is 8.57. The summed E-state index contributed by atoms with van der Waals surface area (Å²) in [7, 11) is 0. The minimum Gasteiger partial charge on any atom is -0.349 e. The Morgan fingerprint density at radius 2 is 1.75 bits per heavy atom. The first-order valence-corrected chi connectivity index (χ1v) is 10.4. The van der Waals surface area contributed by atoms with Gasteiger partial charge in [0.1, 0.15) is 6.04 Å². The van der Waals surface area contributed by atoms with E-state index in [1.165, 1.54) is 47.8 Å². The van der Waals surface area contributed by atoms with Crippen LogP contribution in [0, 0.1) is 6.92 Å². The summed E-state index contributed by atoms with van der Waals surface area (Å²) in [5.74, 6) is 0.106. The lowest BCUT2D eigenvalue weighted by molar-refractivity contribution is -0.918. The van der Waals surface area contributed by atoms with Gasteiger partial charge in [-0.15, -0.1) is 0 Å². The predicted molar refractivity (Wildman–Crippen MR) is 115 cm³/mol. The molecule has 2 N–H and O–H groups in total. The van der Waals surface area contributed by atoms with Gasteiger partial charge in [-0.25, -0.2) is 0 Å². The summed E-state index contributed by atoms with van der Waals surface area (Å²) >= 11 is 0. The van der Waals surface area contributed by atoms with E-state index < -0.39 is 0 Å². The molecule has 3 aromatic rings. The molecule has 1 aliphatic heterocycles. The molecular weight excluding hydrogens is 344 g/mol. The first-order chi connectivity index (χ1) is 13.7. The van der Waals surface area contributed by atoms with Crippen LogP contribution in [0.25, 0.3) is 10.8 Å². The minimum absolute atomic E-state index is 0.106. The zero-order valence-electron chi connectivity index (χ0n) is 16.6. The summed E-state index contributed by atoms with van der Waals surface area (Å²) in [6.45, 7) is 5.12. The second-order valence-electron chi connectivity index (χ2n) is 7.96. The van der Waals surface area contributed by atoms with Crippen molar-refractivity contribution in [2.45, 2.75) is 32.2 Å². The zero-order valence-corrected chi connectivity index (χ0v) is 16.6. The highest BCUT2D eigenvalue weighted by molar-refractivity contribution is 5.86. The topological polar surface area (TPSA) is 33.5 Å². The third-order valence-corrected chi connectivity index (χ3v) is 5.89. The van der Waals surface area contributed by atoms with Crippen molar-refractivity contribution in [1.82, 2.24) is 5.32 Å². The van der Waals surface area contributed by atoms with Crippen LogP contribution in [0.4, 0.5) is 0 Å². The molecule has 0 aromatic heterocycles. The van der Waals surface area contributed by atoms with Gasteiger partial charge in [0.15, 0.2) is 0 Å². The molecule has 3 heteroatoms. The molecular formula is C25H29N2O+. The lowest BCUT2D eigenvalue weighted by atomic mass is 9.97. The highest BCUT2D eigenvalue weighted by Gasteiger charge is 2.28. The van der Waals surface area contributed by atoms with Gasteiger partial charge in [0.25, 0.3) is 0 Å². The van der Waals surface area contributed by atoms with Crippen LogP contribution >= 0.6 is 0 Å². The fraction of sp³-hybridized carbons (Fsp3) is 0.320. The van der Waals surface area contributed by atoms with Crippen molar-refractivity contribution in [2.24, 2.45) is 0 Å². The number of nitrogens with one attached hydrogen (secondary N) is 2. The molecule has 28 heavy (non-hydrogen) atoms. The molecule has 1 amide bonds. The lowest BCUT2D eigenvalue weighted by Gasteiger charge is -2.26. The average molecular weight is 374 g/mol. The summed E-state index contributed by atoms with van der Waals surface area (Å²) in [5, 5.41) is 5.81. The van der Waals surface area contributed by atoms with E-state index >= 15 is 0 Å². The van der Waals surface area contributed by atoms with Crippen molar-refractivity contribution in [3.8, 4) is 0 Å². The van der Waals surface area contributed by atoms with Crippen LogP contribution in [0.5, 0.6) is 0 Å². The Bertz CT molecular complexity index is 954. The maximum absolute atomic E-state index is 12.6. The fourth-order valence-electron chi connectivity index (χ4n) is 4.49. The van der Waals surface area contributed by atoms with Gasteiger partial charge in [-0.05, 0) is 23.3 Å². The number of quaternary nitrogens is 1. The Hall–Kier alpha value is -2.65. The van der Waals surface area contributed by atoms with Crippen molar-refractivity contribution in [1.29, 1.82) is 0 Å². The van der Waals surface area contributed by atoms with Gasteiger partial charge in [-0.3, -0.25) is 4.79 Å². The van der Waals surface area contributed by atoms with E-state index in [2.05, 4.69) is 66.8 Å². The van der Waals surface area contributed by atoms with Crippen molar-refractivity contribution in [3.63, 3.8) is 0 Å². The number of amides is 1. The summed E-state index contributed by atoms with van der Waals surface area (Å²) in [5.41, 5.74) is 3.62. The van der Waals surface area contributed by atoms with Crippen LogP contribution < -0.4 is 10.2 Å². The molecule has 0 spiro atoms. The van der Waals surface area contributed by atoms with Gasteiger partial charge in [-0.1, -0.05) is 72.3 Å². The molecule has 3 aromatic carbocycles. The Labute approximate surface area is 167 Å². The van der Waals surface area contributed by atoms with Crippen LogP contribution in [-0.2, 0) is 11.2 Å². The van der Waals surface area contributed by atoms with E-state index in [0.29, 0.717) is 19.0 Å². The van der Waals surface area contributed by atoms with E-state index in [1.807, 2.05) is 12.1 Å². The normalized spacial score (nSPS) is 15.6. The Morgan fingerprint density at radius 3 is 2.57 bits per heavy atom. The zero-order chi connectivity index (χ0) is 19.3. The summed E-state index contributed by atoms with van der Waals surface area (Å²) < 4.78 is 0. The molecule has 1 aliphatic rings. The van der Waals surface area contributed by atoms with Crippen molar-refractivity contribution in [3.05, 3.63) is 83.4 Å². The number of carbonyl (C=O) groups excluding carboxylic acids is 1. The third-order valence-electron chi connectivity index (χ3n) is 5.89. The van der Waals surface area contributed by atoms with Crippen molar-refractivity contribution >= 4 is 16.7 Å². The molecule has 0 saturated carbocycles. The van der Waals surface area contributed by atoms with Crippen LogP contribution in [-0.4, -0.2) is 25.5 Å². The van der Waals surface area contributed by atoms with E-state index in [0.717, 1.165) is 5.56 Å². The Kier molecular flexibility index (Phi) is 5.73. The molecule has 1 atom stereocenters. The van der Waals surface area contributed by atoms with E-state index in [1.54, 1.807) is 4.90 Å². The van der Waals surface area contributed by atoms with E-state index in [-0.39, 0.29) is 5.91 Å². The van der Waals surface area contributed by atoms with E-state index in [4.69, 9.17) is 0 Å². The standard InChI is InChI=1S/C25H28N2O/c1-19-8-6-9-20(16-19)17-25(28)26-18-24(27-14-4-5-15-27)23-13-7-11-21-10-2-3-12-22(21)23/h2-3,6-13,16,24H,4-5,14-15,17-18H2,1H3,(H,26,28)/p+1/t24-/m1/s1. The summed E-state index contributed by atoms with van der Waals surface area (Å²) in [6.07, 6.45) is 2.99. The lowest BCUT2D eigenvalue weighted by Crippen LogP contribution is -3.11. The molecule has 0 bridgehead atoms. The van der Waals surface area contributed by atoms with Gasteiger partial charge in [0.05, 0.1) is 26.1 Å². The van der Waals surface area contributed by atoms with Crippen molar-refractivity contribution < 1.29 is 9.69 Å². The maximum Gasteiger partial charge on any atom is 0.224 e. The molecule has 144 valence electrons. The summed E-state index contributed by atoms with van der Waals surface area (Å²) in [4.78, 5) is 14.2. The molecule has 1 heterocycles. The SMILES string of the molecule is Cc1cccc(CC(=O)NC[C@H](c2cccc3ccccc23)[NH+]2CCCC2)c1. The number of carbonyl (C=O) groups is 1. The minimum atomic E-state index is 0.106. The average Bonchev–Trinajstić information content (AvgIpc) is 3.23. The van der Waals surface area contributed by atoms with Crippen molar-refractivity contribution in [2.75, 3.05) is 19.6 Å². The highest BCUT2D eigenvalue weighted by atomic mass is 16.1. The molecule has 0 unspecified atom stereocenters. The Morgan fingerprint density at radius 1 is 1.00 bits per heavy atom. The molecule has 4 rings (SSSR count). The summed E-state index contributed by atoms with van der Waals surface area (Å²) in [6, 6.07) is 23.6. The van der Waals surface area contributed by atoms with E-state index in [9.17, 15) is 4.79 Å². The van der Waals surface area contributed by atoms with Crippen LogP contribution in [0.2, 0.25) is 0 Å². The van der Waals surface area contributed by atoms with Crippen LogP contribution in [0.3, 0.4) is 0 Å². The largest absolute Gasteiger partial charge is 0.349 e. The van der Waals surface area contributed by atoms with Gasteiger partial charge in [-0.2, -0.15) is 0 Å².